The van der Waals surface area contributed by atoms with Gasteiger partial charge in [-0.3, -0.25) is 4.79 Å². The average Bonchev–Trinajstić information content (AvgIpc) is 2.73. The van der Waals surface area contributed by atoms with Gasteiger partial charge in [0.25, 0.3) is 5.91 Å². The molecule has 8 heteroatoms. The summed E-state index contributed by atoms with van der Waals surface area (Å²) in [5.41, 5.74) is 1.75. The molecule has 0 aliphatic heterocycles. The van der Waals surface area contributed by atoms with Crippen molar-refractivity contribution in [2.45, 2.75) is 13.5 Å². The number of benzene rings is 2. The Morgan fingerprint density at radius 3 is 2.21 bits per heavy atom. The Kier molecular flexibility index (Phi) is 8.14. The van der Waals surface area contributed by atoms with Crippen molar-refractivity contribution in [3.05, 3.63) is 47.5 Å². The van der Waals surface area contributed by atoms with Gasteiger partial charge in [0, 0.05) is 6.54 Å². The summed E-state index contributed by atoms with van der Waals surface area (Å²) in [4.78, 5) is 23.7. The molecule has 0 aliphatic rings. The van der Waals surface area contributed by atoms with Crippen molar-refractivity contribution < 1.29 is 33.3 Å². The largest absolute Gasteiger partial charge is 0.493 e. The first-order valence-electron chi connectivity index (χ1n) is 8.87. The lowest BCUT2D eigenvalue weighted by atomic mass is 10.1. The van der Waals surface area contributed by atoms with Crippen LogP contribution in [0.5, 0.6) is 23.0 Å². The van der Waals surface area contributed by atoms with Crippen LogP contribution >= 0.6 is 0 Å². The molecule has 0 saturated carbocycles. The first-order valence-corrected chi connectivity index (χ1v) is 8.87. The van der Waals surface area contributed by atoms with Crippen LogP contribution in [0.25, 0.3) is 0 Å². The minimum Gasteiger partial charge on any atom is -0.493 e. The van der Waals surface area contributed by atoms with Gasteiger partial charge in [0.1, 0.15) is 5.75 Å². The molecule has 1 N–H and O–H groups in total. The number of carbonyl (C=O) groups excluding carboxylic acids is 2. The van der Waals surface area contributed by atoms with Crippen molar-refractivity contribution in [2.24, 2.45) is 0 Å². The molecule has 1 amide bonds. The second-order valence-electron chi connectivity index (χ2n) is 6.08. The summed E-state index contributed by atoms with van der Waals surface area (Å²) >= 11 is 0. The maximum absolute atomic E-state index is 12.0. The third-order valence-electron chi connectivity index (χ3n) is 3.92. The summed E-state index contributed by atoms with van der Waals surface area (Å²) in [5, 5.41) is 2.67. The highest BCUT2D eigenvalue weighted by Gasteiger charge is 2.14. The van der Waals surface area contributed by atoms with Gasteiger partial charge in [-0.25, -0.2) is 4.79 Å². The minimum absolute atomic E-state index is 0.201. The molecular weight excluding hydrogens is 378 g/mol. The van der Waals surface area contributed by atoms with E-state index >= 15 is 0 Å². The summed E-state index contributed by atoms with van der Waals surface area (Å²) in [5.74, 6) is 0.921. The van der Waals surface area contributed by atoms with E-state index in [1.807, 2.05) is 19.1 Å². The predicted molar refractivity (Wildman–Crippen MR) is 106 cm³/mol. The van der Waals surface area contributed by atoms with Crippen LogP contribution in [0.1, 0.15) is 11.1 Å². The zero-order valence-corrected chi connectivity index (χ0v) is 16.9. The highest BCUT2D eigenvalue weighted by molar-refractivity contribution is 5.80. The Balaban J connectivity index is 1.80. The molecule has 29 heavy (non-hydrogen) atoms. The number of aryl methyl sites for hydroxylation is 1. The van der Waals surface area contributed by atoms with Crippen molar-refractivity contribution in [3.8, 4) is 23.0 Å². The second kappa shape index (κ2) is 10.8. The maximum atomic E-state index is 12.0. The van der Waals surface area contributed by atoms with Gasteiger partial charge in [-0.2, -0.15) is 0 Å². The maximum Gasteiger partial charge on any atom is 0.344 e. The number of hydrogen-bond donors (Lipinski definition) is 1. The number of ether oxygens (including phenoxy) is 5. The van der Waals surface area contributed by atoms with E-state index in [1.54, 1.807) is 24.3 Å². The fourth-order valence-electron chi connectivity index (χ4n) is 2.52. The topological polar surface area (TPSA) is 92.3 Å². The van der Waals surface area contributed by atoms with Gasteiger partial charge in [-0.1, -0.05) is 12.1 Å². The molecule has 0 aliphatic carbocycles. The van der Waals surface area contributed by atoms with Crippen molar-refractivity contribution >= 4 is 11.9 Å². The van der Waals surface area contributed by atoms with Crippen LogP contribution in [0.2, 0.25) is 0 Å². The molecule has 2 aromatic carbocycles. The molecule has 0 unspecified atom stereocenters. The van der Waals surface area contributed by atoms with E-state index in [0.717, 1.165) is 11.1 Å². The van der Waals surface area contributed by atoms with Crippen molar-refractivity contribution in [2.75, 3.05) is 34.5 Å². The van der Waals surface area contributed by atoms with Crippen LogP contribution in [0.4, 0.5) is 0 Å². The van der Waals surface area contributed by atoms with Crippen LogP contribution in [-0.4, -0.2) is 46.4 Å². The van der Waals surface area contributed by atoms with Crippen molar-refractivity contribution in [1.29, 1.82) is 0 Å². The van der Waals surface area contributed by atoms with E-state index in [9.17, 15) is 9.59 Å². The van der Waals surface area contributed by atoms with Gasteiger partial charge < -0.3 is 29.0 Å². The third kappa shape index (κ3) is 6.60. The Morgan fingerprint density at radius 2 is 1.62 bits per heavy atom. The van der Waals surface area contributed by atoms with Gasteiger partial charge in [0.15, 0.2) is 24.7 Å². The fourth-order valence-corrected chi connectivity index (χ4v) is 2.52. The second-order valence-corrected chi connectivity index (χ2v) is 6.08. The monoisotopic (exact) mass is 403 g/mol. The standard InChI is InChI=1S/C21H25NO7/c1-14-6-5-7-16(8-14)28-13-20(24)29-12-19(23)22-11-15-9-17(25-2)21(27-4)18(10-15)26-3/h5-10H,11-13H2,1-4H3,(H,22,23). The first kappa shape index (κ1) is 21.9. The van der Waals surface area contributed by atoms with E-state index in [4.69, 9.17) is 23.7 Å². The van der Waals surface area contributed by atoms with Crippen molar-refractivity contribution in [1.82, 2.24) is 5.32 Å². The normalized spacial score (nSPS) is 10.1. The number of esters is 1. The summed E-state index contributed by atoms with van der Waals surface area (Å²) in [7, 11) is 4.54. The van der Waals surface area contributed by atoms with Crippen LogP contribution in [0.3, 0.4) is 0 Å². The lowest BCUT2D eigenvalue weighted by molar-refractivity contribution is -0.150. The number of nitrogens with one attached hydrogen (secondary N) is 1. The number of methoxy groups -OCH3 is 3. The van der Waals surface area contributed by atoms with E-state index < -0.39 is 18.5 Å². The Bertz CT molecular complexity index is 826. The molecule has 0 heterocycles. The molecule has 0 radical (unpaired) electrons. The van der Waals surface area contributed by atoms with E-state index in [1.165, 1.54) is 21.3 Å². The molecule has 0 saturated heterocycles. The molecule has 0 aromatic heterocycles. The number of hydrogen-bond acceptors (Lipinski definition) is 7. The first-order chi connectivity index (χ1) is 14.0. The van der Waals surface area contributed by atoms with Crippen LogP contribution in [0, 0.1) is 6.92 Å². The van der Waals surface area contributed by atoms with Gasteiger partial charge >= 0.3 is 5.97 Å². The third-order valence-corrected chi connectivity index (χ3v) is 3.92. The van der Waals surface area contributed by atoms with Gasteiger partial charge in [0.2, 0.25) is 5.75 Å². The lowest BCUT2D eigenvalue weighted by Gasteiger charge is -2.14. The van der Waals surface area contributed by atoms with E-state index in [0.29, 0.717) is 23.0 Å². The summed E-state index contributed by atoms with van der Waals surface area (Å²) < 4.78 is 26.1. The zero-order chi connectivity index (χ0) is 21.2. The smallest absolute Gasteiger partial charge is 0.344 e. The summed E-state index contributed by atoms with van der Waals surface area (Å²) in [6.45, 7) is 1.44. The van der Waals surface area contributed by atoms with Gasteiger partial charge in [0.05, 0.1) is 21.3 Å². The van der Waals surface area contributed by atoms with Crippen LogP contribution in [0.15, 0.2) is 36.4 Å². The molecule has 0 atom stereocenters. The summed E-state index contributed by atoms with van der Waals surface area (Å²) in [6.07, 6.45) is 0. The number of carbonyl (C=O) groups is 2. The molecule has 0 bridgehead atoms. The number of rotatable bonds is 10. The Labute approximate surface area is 169 Å². The Morgan fingerprint density at radius 1 is 0.931 bits per heavy atom. The molecular formula is C21H25NO7. The van der Waals surface area contributed by atoms with E-state index in [2.05, 4.69) is 5.32 Å². The summed E-state index contributed by atoms with van der Waals surface area (Å²) in [6, 6.07) is 10.7. The lowest BCUT2D eigenvalue weighted by Crippen LogP contribution is -2.29. The minimum atomic E-state index is -0.630. The average molecular weight is 403 g/mol. The highest BCUT2D eigenvalue weighted by atomic mass is 16.6. The molecule has 8 nitrogen and oxygen atoms in total. The molecule has 156 valence electrons. The van der Waals surface area contributed by atoms with Crippen molar-refractivity contribution in [3.63, 3.8) is 0 Å². The van der Waals surface area contributed by atoms with Crippen LogP contribution in [-0.2, 0) is 20.9 Å². The molecule has 2 rings (SSSR count). The van der Waals surface area contributed by atoms with E-state index in [-0.39, 0.29) is 13.2 Å². The highest BCUT2D eigenvalue weighted by Crippen LogP contribution is 2.38. The zero-order valence-electron chi connectivity index (χ0n) is 16.9. The Hall–Kier alpha value is -3.42. The SMILES string of the molecule is COc1cc(CNC(=O)COC(=O)COc2cccc(C)c2)cc(OC)c1OC. The molecule has 0 spiro atoms. The molecule has 2 aromatic rings. The fraction of sp³-hybridized carbons (Fsp3) is 0.333. The van der Waals surface area contributed by atoms with Gasteiger partial charge in [-0.05, 0) is 42.3 Å². The molecule has 0 fully saturated rings. The van der Waals surface area contributed by atoms with Crippen LogP contribution < -0.4 is 24.3 Å². The quantitative estimate of drug-likeness (QED) is 0.608. The number of amides is 1. The van der Waals surface area contributed by atoms with Gasteiger partial charge in [-0.15, -0.1) is 0 Å². The predicted octanol–water partition coefficient (Wildman–Crippen LogP) is 2.26.